The molecule has 2 aliphatic heterocycles. The lowest BCUT2D eigenvalue weighted by Gasteiger charge is -2.39. The van der Waals surface area contributed by atoms with Gasteiger partial charge in [0.05, 0.1) is 13.2 Å². The van der Waals surface area contributed by atoms with Gasteiger partial charge in [0.25, 0.3) is 0 Å². The Labute approximate surface area is 154 Å². The molecule has 0 N–H and O–H groups in total. The van der Waals surface area contributed by atoms with Gasteiger partial charge in [0.2, 0.25) is 11.8 Å². The molecule has 0 aromatic heterocycles. The molecule has 2 atom stereocenters. The van der Waals surface area contributed by atoms with E-state index in [2.05, 4.69) is 0 Å². The monoisotopic (exact) mass is 362 g/mol. The number of nitrogens with zero attached hydrogens (tertiary/aromatic N) is 2. The lowest BCUT2D eigenvalue weighted by molar-refractivity contribution is -0.152. The van der Waals surface area contributed by atoms with Gasteiger partial charge in [-0.05, 0) is 43.4 Å². The van der Waals surface area contributed by atoms with Crippen LogP contribution in [0.2, 0.25) is 0 Å². The molecule has 2 amide bonds. The van der Waals surface area contributed by atoms with Gasteiger partial charge in [0.1, 0.15) is 11.9 Å². The summed E-state index contributed by atoms with van der Waals surface area (Å²) in [5.41, 5.74) is 0.805. The van der Waals surface area contributed by atoms with Crippen LogP contribution in [0.4, 0.5) is 4.39 Å². The fraction of sp³-hybridized carbons (Fsp3) is 0.600. The molecule has 3 rings (SSSR count). The predicted octanol–water partition coefficient (Wildman–Crippen LogP) is 2.24. The quantitative estimate of drug-likeness (QED) is 0.825. The Morgan fingerprint density at radius 2 is 2.00 bits per heavy atom. The number of amides is 2. The van der Waals surface area contributed by atoms with Crippen molar-refractivity contribution in [1.29, 1.82) is 0 Å². The second-order valence-corrected chi connectivity index (χ2v) is 7.22. The maximum atomic E-state index is 13.4. The minimum absolute atomic E-state index is 0.0134. The standard InChI is InChI=1S/C20H27FN2O3/c1-15(13-16-5-4-6-17(21)14-16)19(24)23-8-3-2-7-18(23)20(25)22-9-11-26-12-10-22/h4-6,14-15,18H,2-3,7-13H2,1H3. The highest BCUT2D eigenvalue weighted by atomic mass is 19.1. The van der Waals surface area contributed by atoms with Gasteiger partial charge in [-0.3, -0.25) is 9.59 Å². The summed E-state index contributed by atoms with van der Waals surface area (Å²) in [4.78, 5) is 29.5. The van der Waals surface area contributed by atoms with E-state index < -0.39 is 0 Å². The Morgan fingerprint density at radius 3 is 2.73 bits per heavy atom. The number of hydrogen-bond acceptors (Lipinski definition) is 3. The van der Waals surface area contributed by atoms with E-state index in [4.69, 9.17) is 4.74 Å². The molecule has 1 aromatic carbocycles. The van der Waals surface area contributed by atoms with Crippen LogP contribution in [0.15, 0.2) is 24.3 Å². The van der Waals surface area contributed by atoms with Gasteiger partial charge in [-0.25, -0.2) is 4.39 Å². The second kappa shape index (κ2) is 8.62. The molecule has 2 heterocycles. The SMILES string of the molecule is CC(Cc1cccc(F)c1)C(=O)N1CCCCC1C(=O)N1CCOCC1. The summed E-state index contributed by atoms with van der Waals surface area (Å²) in [6, 6.07) is 5.99. The highest BCUT2D eigenvalue weighted by molar-refractivity contribution is 5.88. The van der Waals surface area contributed by atoms with Crippen LogP contribution in [0.1, 0.15) is 31.7 Å². The molecule has 142 valence electrons. The summed E-state index contributed by atoms with van der Waals surface area (Å²) in [6.45, 7) is 4.78. The molecular weight excluding hydrogens is 335 g/mol. The number of carbonyl (C=O) groups excluding carboxylic acids is 2. The fourth-order valence-electron chi connectivity index (χ4n) is 3.83. The number of hydrogen-bond donors (Lipinski definition) is 0. The minimum Gasteiger partial charge on any atom is -0.378 e. The van der Waals surface area contributed by atoms with E-state index in [0.717, 1.165) is 18.4 Å². The number of piperidine rings is 1. The summed E-state index contributed by atoms with van der Waals surface area (Å²) in [5.74, 6) is -0.546. The molecule has 6 heteroatoms. The van der Waals surface area contributed by atoms with Gasteiger partial charge in [-0.1, -0.05) is 19.1 Å². The van der Waals surface area contributed by atoms with Gasteiger partial charge >= 0.3 is 0 Å². The first-order chi connectivity index (χ1) is 12.6. The summed E-state index contributed by atoms with van der Waals surface area (Å²) >= 11 is 0. The third-order valence-corrected chi connectivity index (χ3v) is 5.25. The van der Waals surface area contributed by atoms with Crippen LogP contribution in [0.5, 0.6) is 0 Å². The molecule has 2 fully saturated rings. The number of likely N-dealkylation sites (tertiary alicyclic amines) is 1. The van der Waals surface area contributed by atoms with Crippen LogP contribution in [0.3, 0.4) is 0 Å². The van der Waals surface area contributed by atoms with Gasteiger partial charge in [-0.2, -0.15) is 0 Å². The zero-order valence-electron chi connectivity index (χ0n) is 15.3. The van der Waals surface area contributed by atoms with Crippen LogP contribution in [-0.4, -0.2) is 60.5 Å². The lowest BCUT2D eigenvalue weighted by Crippen LogP contribution is -2.56. The smallest absolute Gasteiger partial charge is 0.245 e. The summed E-state index contributed by atoms with van der Waals surface area (Å²) in [7, 11) is 0. The van der Waals surface area contributed by atoms with Gasteiger partial charge in [-0.15, -0.1) is 0 Å². The predicted molar refractivity (Wildman–Crippen MR) is 96.0 cm³/mol. The lowest BCUT2D eigenvalue weighted by atomic mass is 9.95. The molecule has 2 saturated heterocycles. The normalized spacial score (nSPS) is 22.2. The Bertz CT molecular complexity index is 646. The molecule has 2 aliphatic rings. The zero-order valence-corrected chi connectivity index (χ0v) is 15.3. The summed E-state index contributed by atoms with van der Waals surface area (Å²) in [6.07, 6.45) is 3.08. The number of carbonyl (C=O) groups is 2. The first-order valence-electron chi connectivity index (χ1n) is 9.47. The van der Waals surface area contributed by atoms with E-state index in [1.165, 1.54) is 12.1 Å². The van der Waals surface area contributed by atoms with Crippen molar-refractivity contribution in [3.8, 4) is 0 Å². The average Bonchev–Trinajstić information content (AvgIpc) is 2.67. The first-order valence-corrected chi connectivity index (χ1v) is 9.47. The van der Waals surface area contributed by atoms with Gasteiger partial charge in [0.15, 0.2) is 0 Å². The van der Waals surface area contributed by atoms with E-state index in [9.17, 15) is 14.0 Å². The van der Waals surface area contributed by atoms with E-state index >= 15 is 0 Å². The van der Waals surface area contributed by atoms with Crippen LogP contribution in [-0.2, 0) is 20.7 Å². The summed E-state index contributed by atoms with van der Waals surface area (Å²) in [5, 5.41) is 0. The molecule has 1 aromatic rings. The third-order valence-electron chi connectivity index (χ3n) is 5.25. The molecule has 26 heavy (non-hydrogen) atoms. The number of ether oxygens (including phenoxy) is 1. The molecule has 0 spiro atoms. The van der Waals surface area contributed by atoms with Crippen molar-refractivity contribution in [1.82, 2.24) is 9.80 Å². The van der Waals surface area contributed by atoms with Crippen molar-refractivity contribution >= 4 is 11.8 Å². The van der Waals surface area contributed by atoms with Crippen LogP contribution >= 0.6 is 0 Å². The van der Waals surface area contributed by atoms with E-state index in [-0.39, 0.29) is 29.6 Å². The van der Waals surface area contributed by atoms with Gasteiger partial charge in [0, 0.05) is 25.6 Å². The molecule has 5 nitrogen and oxygen atoms in total. The molecule has 0 aliphatic carbocycles. The number of morpholine rings is 1. The van der Waals surface area contributed by atoms with Crippen molar-refractivity contribution in [2.45, 2.75) is 38.6 Å². The van der Waals surface area contributed by atoms with Crippen molar-refractivity contribution < 1.29 is 18.7 Å². The van der Waals surface area contributed by atoms with E-state index in [1.807, 2.05) is 17.9 Å². The molecular formula is C20H27FN2O3. The zero-order chi connectivity index (χ0) is 18.5. The van der Waals surface area contributed by atoms with Crippen LogP contribution < -0.4 is 0 Å². The Morgan fingerprint density at radius 1 is 1.23 bits per heavy atom. The van der Waals surface area contributed by atoms with Crippen molar-refractivity contribution in [3.63, 3.8) is 0 Å². The molecule has 0 radical (unpaired) electrons. The number of benzene rings is 1. The molecule has 2 unspecified atom stereocenters. The topological polar surface area (TPSA) is 49.9 Å². The number of halogens is 1. The highest BCUT2D eigenvalue weighted by Crippen LogP contribution is 2.23. The minimum atomic E-state index is -0.371. The number of rotatable bonds is 4. The Kier molecular flexibility index (Phi) is 6.25. The van der Waals surface area contributed by atoms with Crippen molar-refractivity contribution in [2.24, 2.45) is 5.92 Å². The average molecular weight is 362 g/mol. The van der Waals surface area contributed by atoms with Crippen LogP contribution in [0.25, 0.3) is 0 Å². The first kappa shape index (κ1) is 18.8. The maximum absolute atomic E-state index is 13.4. The molecule has 0 saturated carbocycles. The van der Waals surface area contributed by atoms with Gasteiger partial charge < -0.3 is 14.5 Å². The van der Waals surface area contributed by atoms with Crippen molar-refractivity contribution in [2.75, 3.05) is 32.8 Å². The Balaban J connectivity index is 1.67. The highest BCUT2D eigenvalue weighted by Gasteiger charge is 2.36. The maximum Gasteiger partial charge on any atom is 0.245 e. The largest absolute Gasteiger partial charge is 0.378 e. The third kappa shape index (κ3) is 4.41. The van der Waals surface area contributed by atoms with E-state index in [0.29, 0.717) is 45.7 Å². The Hall–Kier alpha value is -1.95. The summed E-state index contributed by atoms with van der Waals surface area (Å²) < 4.78 is 18.7. The second-order valence-electron chi connectivity index (χ2n) is 7.22. The fourth-order valence-corrected chi connectivity index (χ4v) is 3.83. The van der Waals surface area contributed by atoms with E-state index in [1.54, 1.807) is 11.0 Å². The van der Waals surface area contributed by atoms with Crippen molar-refractivity contribution in [3.05, 3.63) is 35.6 Å². The molecule has 0 bridgehead atoms. The van der Waals surface area contributed by atoms with Crippen LogP contribution in [0, 0.1) is 11.7 Å².